The fraction of sp³-hybridized carbons (Fsp3) is 0.681. The summed E-state index contributed by atoms with van der Waals surface area (Å²) in [6.07, 6.45) is 10.2. The molecule has 0 spiro atoms. The van der Waals surface area contributed by atoms with Gasteiger partial charge in [-0.15, -0.1) is 0 Å². The van der Waals surface area contributed by atoms with Crippen LogP contribution >= 0.6 is 0 Å². The van der Waals surface area contributed by atoms with Crippen LogP contribution in [0.5, 0.6) is 5.75 Å². The summed E-state index contributed by atoms with van der Waals surface area (Å²) in [6.45, 7) is 97.2. The monoisotopic (exact) mass is 1790 g/mol. The summed E-state index contributed by atoms with van der Waals surface area (Å²) in [7, 11) is 0. The number of aromatic nitrogens is 1. The van der Waals surface area contributed by atoms with Gasteiger partial charge >= 0.3 is 0 Å². The molecule has 2 heterocycles. The second kappa shape index (κ2) is 61.8. The average Bonchev–Trinajstić information content (AvgIpc) is 0.836. The molecule has 0 aliphatic carbocycles. The molecule has 4 aromatic rings. The minimum absolute atomic E-state index is 0.0997. The van der Waals surface area contributed by atoms with Gasteiger partial charge in [0, 0.05) is 81.2 Å². The molecule has 0 bridgehead atoms. The van der Waals surface area contributed by atoms with E-state index in [1.54, 1.807) is 0 Å². The van der Waals surface area contributed by atoms with E-state index in [0.29, 0.717) is 82.2 Å². The van der Waals surface area contributed by atoms with E-state index < -0.39 is 0 Å². The van der Waals surface area contributed by atoms with Gasteiger partial charge in [0.25, 0.3) is 0 Å². The van der Waals surface area contributed by atoms with Crippen LogP contribution in [0.25, 0.3) is 0 Å². The van der Waals surface area contributed by atoms with Gasteiger partial charge in [-0.3, -0.25) is 4.98 Å². The Bertz CT molecular complexity index is 4110. The van der Waals surface area contributed by atoms with Crippen molar-refractivity contribution < 1.29 is 33.2 Å². The number of nitrogens with one attached hydrogen (secondary N) is 5. The SMILES string of the molecule is CC(C)(C)CCCCCOc1ccc(C(C)(C)C)nc1.CC(C)(C)COCC#CC#CCNC(C)(C)C.CC(C)(C)NCC#CC#CCOC(C)(C)C.CC(NC(C)(C)C)c1ccc(C#CC#CCOCC(C)(C)C)cc1.CC(NC(C)(C)C)c1ccc(C#CCOCCCOCC(C)(C)C)cc1.CC(NC(C)(C)C)c1ccc(C2CCN(CCOCC(C)(C)C)CC2)cc1. The van der Waals surface area contributed by atoms with Crippen molar-refractivity contribution in [2.24, 2.45) is 27.1 Å². The molecule has 1 saturated heterocycles. The van der Waals surface area contributed by atoms with E-state index in [0.717, 1.165) is 81.6 Å². The first-order valence-corrected chi connectivity index (χ1v) is 48.1. The van der Waals surface area contributed by atoms with Crippen LogP contribution in [0.2, 0.25) is 0 Å². The van der Waals surface area contributed by atoms with Gasteiger partial charge in [0.1, 0.15) is 32.2 Å². The first-order valence-electron chi connectivity index (χ1n) is 48.1. The Hall–Kier alpha value is -6.95. The van der Waals surface area contributed by atoms with Crippen molar-refractivity contribution in [2.45, 2.75) is 378 Å². The Morgan fingerprint density at radius 3 is 1.14 bits per heavy atom. The van der Waals surface area contributed by atoms with E-state index in [4.69, 9.17) is 33.2 Å². The normalized spacial score (nSPS) is 13.6. The number of unbranched alkanes of at least 4 members (excludes halogenated alkanes) is 2. The van der Waals surface area contributed by atoms with Crippen LogP contribution < -0.4 is 31.3 Å². The predicted molar refractivity (Wildman–Crippen MR) is 558 cm³/mol. The maximum absolute atomic E-state index is 5.83. The molecule has 0 amide bonds. The molecule has 1 fully saturated rings. The second-order valence-electron chi connectivity index (χ2n) is 47.6. The lowest BCUT2D eigenvalue weighted by Crippen LogP contribution is -2.37. The maximum atomic E-state index is 5.83. The van der Waals surface area contributed by atoms with E-state index in [-0.39, 0.29) is 60.4 Å². The molecular weight excluding hydrogens is 1600 g/mol. The van der Waals surface area contributed by atoms with Crippen LogP contribution in [-0.2, 0) is 33.8 Å². The molecule has 5 N–H and O–H groups in total. The Labute approximate surface area is 800 Å². The molecule has 1 aliphatic heterocycles. The first kappa shape index (κ1) is 123. The summed E-state index contributed by atoms with van der Waals surface area (Å²) in [5.74, 6) is 42.3. The van der Waals surface area contributed by atoms with Crippen molar-refractivity contribution in [1.29, 1.82) is 0 Å². The lowest BCUT2D eigenvalue weighted by Gasteiger charge is -2.32. The smallest absolute Gasteiger partial charge is 0.137 e. The number of hydrogen-bond donors (Lipinski definition) is 5. The lowest BCUT2D eigenvalue weighted by molar-refractivity contribution is 0.0181. The summed E-state index contributed by atoms with van der Waals surface area (Å²) >= 11 is 0. The molecule has 14 nitrogen and oxygen atoms in total. The number of rotatable bonds is 30. The molecule has 14 heteroatoms. The van der Waals surface area contributed by atoms with E-state index in [1.807, 2.05) is 45.2 Å². The average molecular weight is 1790 g/mol. The number of piperidine rings is 1. The fourth-order valence-corrected chi connectivity index (χ4v) is 12.2. The molecular formula is C116H189N7O7. The van der Waals surface area contributed by atoms with Gasteiger partial charge in [-0.1, -0.05) is 233 Å². The zero-order chi connectivity index (χ0) is 99.2. The van der Waals surface area contributed by atoms with Gasteiger partial charge < -0.3 is 64.6 Å². The third-order valence-corrected chi connectivity index (χ3v) is 18.5. The summed E-state index contributed by atoms with van der Waals surface area (Å²) in [6, 6.07) is 31.2. The van der Waals surface area contributed by atoms with Crippen molar-refractivity contribution in [1.82, 2.24) is 36.5 Å². The molecule has 130 heavy (non-hydrogen) atoms. The minimum atomic E-state index is -0.129. The highest BCUT2D eigenvalue weighted by Crippen LogP contribution is 2.31. The topological polar surface area (TPSA) is 141 Å². The molecule has 3 unspecified atom stereocenters. The van der Waals surface area contributed by atoms with Gasteiger partial charge in [-0.2, -0.15) is 0 Å². The van der Waals surface area contributed by atoms with Crippen molar-refractivity contribution in [3.63, 3.8) is 0 Å². The largest absolute Gasteiger partial charge is 0.492 e. The number of likely N-dealkylation sites (tertiary alicyclic amines) is 1. The zero-order valence-electron chi connectivity index (χ0n) is 90.2. The fourth-order valence-electron chi connectivity index (χ4n) is 12.2. The highest BCUT2D eigenvalue weighted by molar-refractivity contribution is 5.42. The second-order valence-corrected chi connectivity index (χ2v) is 47.6. The van der Waals surface area contributed by atoms with Crippen molar-refractivity contribution in [3.05, 3.63) is 130 Å². The third-order valence-electron chi connectivity index (χ3n) is 18.5. The Kier molecular flexibility index (Phi) is 58.5. The Morgan fingerprint density at radius 1 is 0.362 bits per heavy atom. The summed E-state index contributed by atoms with van der Waals surface area (Å²) < 4.78 is 39.1. The van der Waals surface area contributed by atoms with Crippen molar-refractivity contribution in [3.8, 4) is 88.6 Å². The van der Waals surface area contributed by atoms with Crippen LogP contribution in [0.3, 0.4) is 0 Å². The molecule has 0 radical (unpaired) electrons. The van der Waals surface area contributed by atoms with E-state index in [2.05, 4.69) is 435 Å². The number of benzene rings is 3. The molecule has 1 aliphatic rings. The van der Waals surface area contributed by atoms with Crippen molar-refractivity contribution in [2.75, 3.05) is 112 Å². The lowest BCUT2D eigenvalue weighted by atomic mass is 9.88. The summed E-state index contributed by atoms with van der Waals surface area (Å²) in [4.78, 5) is 7.03. The van der Waals surface area contributed by atoms with Crippen molar-refractivity contribution >= 4 is 0 Å². The first-order chi connectivity index (χ1) is 59.8. The van der Waals surface area contributed by atoms with Gasteiger partial charge in [0.2, 0.25) is 0 Å². The summed E-state index contributed by atoms with van der Waals surface area (Å²) in [5, 5.41) is 17.3. The zero-order valence-corrected chi connectivity index (χ0v) is 90.2. The van der Waals surface area contributed by atoms with Crippen LogP contribution in [0.4, 0.5) is 0 Å². The van der Waals surface area contributed by atoms with Gasteiger partial charge in [-0.25, -0.2) is 0 Å². The van der Waals surface area contributed by atoms with Gasteiger partial charge in [0.15, 0.2) is 0 Å². The predicted octanol–water partition coefficient (Wildman–Crippen LogP) is 24.9. The maximum Gasteiger partial charge on any atom is 0.137 e. The van der Waals surface area contributed by atoms with Crippen LogP contribution in [-0.4, -0.2) is 155 Å². The highest BCUT2D eigenvalue weighted by Gasteiger charge is 2.24. The Balaban J connectivity index is 0.00000155. The summed E-state index contributed by atoms with van der Waals surface area (Å²) in [5.41, 5.74) is 10.4. The van der Waals surface area contributed by atoms with Crippen LogP contribution in [0.1, 0.15) is 378 Å². The van der Waals surface area contributed by atoms with Crippen LogP contribution in [0, 0.1) is 110 Å². The van der Waals surface area contributed by atoms with Gasteiger partial charge in [-0.05, 0) is 318 Å². The standard InChI is InChI=1S/C24H42N2O.C23H37NO2.C22H31NO.C18H31NO.C15H25NO.C14H23NO/c1-19(25-24(5,6)7)20-8-10-21(11-9-20)22-12-14-26(15-13-22)16-17-27-18-23(2,3)4;1-19(24-23(5,6)7)21-13-11-20(12-14-21)10-8-15-25-16-9-17-26-18-22(2,3)4;1-18(23-22(5,6)7)20-14-12-19(13-15-20)11-9-8-10-16-24-17-21(2,3)4;1-17(2,3)12-8-7-9-13-20-15-10-11-16(19-14-15)18(4,5)6;1-14(2,3)13-17-12-10-8-7-9-11-16-15(4,5)6;1-13(2,3)15-11-9-7-8-10-12-16-14(4,5)6/h8-11,19,22,25H,12-18H2,1-7H3;11-14,19,24H,9,15-18H2,1-7H3;12-15,18,23H,16-17H2,1-7H3;10-11,14H,7-9,12-13H2,1-6H3;16H,11-13H2,1-6H3;15H,11-12H2,1-6H3. The molecule has 3 aromatic carbocycles. The molecule has 1 aromatic heterocycles. The number of ether oxygens (including phenoxy) is 7. The molecule has 3 atom stereocenters. The van der Waals surface area contributed by atoms with E-state index in [1.165, 1.54) is 67.4 Å². The number of pyridine rings is 1. The molecule has 0 saturated carbocycles. The van der Waals surface area contributed by atoms with E-state index >= 15 is 0 Å². The minimum Gasteiger partial charge on any atom is -0.492 e. The molecule has 5 rings (SSSR count). The highest BCUT2D eigenvalue weighted by atomic mass is 16.5. The Morgan fingerprint density at radius 2 is 0.746 bits per heavy atom. The quantitative estimate of drug-likeness (QED) is 0.0250. The van der Waals surface area contributed by atoms with Gasteiger partial charge in [0.05, 0.1) is 71.1 Å². The van der Waals surface area contributed by atoms with E-state index in [9.17, 15) is 0 Å². The van der Waals surface area contributed by atoms with Crippen LogP contribution in [0.15, 0.2) is 91.1 Å². The third kappa shape index (κ3) is 78.5. The molecule has 730 valence electrons. The number of hydrogen-bond acceptors (Lipinski definition) is 14. The number of nitrogens with zero attached hydrogens (tertiary/aromatic N) is 2.